The molecule has 1 atom stereocenters. The van der Waals surface area contributed by atoms with Gasteiger partial charge >= 0.3 is 6.09 Å². The van der Waals surface area contributed by atoms with Gasteiger partial charge in [-0.15, -0.1) is 0 Å². The lowest BCUT2D eigenvalue weighted by atomic mass is 10.1. The number of carbonyl (C=O) groups is 1. The second-order valence-electron chi connectivity index (χ2n) is 4.69. The van der Waals surface area contributed by atoms with Gasteiger partial charge in [0.15, 0.2) is 0 Å². The number of rotatable bonds is 7. The number of hydrogen-bond donors (Lipinski definition) is 1. The highest BCUT2D eigenvalue weighted by Gasteiger charge is 2.06. The zero-order valence-corrected chi connectivity index (χ0v) is 11.3. The predicted molar refractivity (Wildman–Crippen MR) is 73.3 cm³/mol. The van der Waals surface area contributed by atoms with Crippen LogP contribution in [0.25, 0.3) is 0 Å². The fraction of sp³-hybridized carbons (Fsp3) is 0.533. The van der Waals surface area contributed by atoms with Crippen LogP contribution >= 0.6 is 0 Å². The Hall–Kier alpha value is -1.51. The first-order valence-corrected chi connectivity index (χ1v) is 6.67. The van der Waals surface area contributed by atoms with E-state index in [0.717, 1.165) is 12.0 Å². The Morgan fingerprint density at radius 1 is 1.33 bits per heavy atom. The lowest BCUT2D eigenvalue weighted by Gasteiger charge is -2.12. The number of nitrogens with one attached hydrogen (secondary N) is 1. The summed E-state index contributed by atoms with van der Waals surface area (Å²) in [6.45, 7) is 5.34. The molecule has 18 heavy (non-hydrogen) atoms. The fourth-order valence-electron chi connectivity index (χ4n) is 1.69. The maximum Gasteiger partial charge on any atom is 0.407 e. The van der Waals surface area contributed by atoms with Crippen LogP contribution in [0.1, 0.15) is 38.7 Å². The first-order chi connectivity index (χ1) is 8.72. The van der Waals surface area contributed by atoms with Crippen molar-refractivity contribution < 1.29 is 9.53 Å². The summed E-state index contributed by atoms with van der Waals surface area (Å²) in [4.78, 5) is 11.5. The predicted octanol–water partition coefficient (Wildman–Crippen LogP) is 3.74. The molecule has 0 spiro atoms. The third-order valence-corrected chi connectivity index (χ3v) is 2.86. The molecule has 1 aromatic rings. The Kier molecular flexibility index (Phi) is 6.92. The van der Waals surface area contributed by atoms with Crippen molar-refractivity contribution in [2.24, 2.45) is 5.92 Å². The summed E-state index contributed by atoms with van der Waals surface area (Å²) in [6.07, 6.45) is 3.22. The number of unbranched alkanes of at least 4 members (excludes halogenated alkanes) is 1. The molecule has 1 rings (SSSR count). The molecule has 0 aliphatic rings. The highest BCUT2D eigenvalue weighted by Crippen LogP contribution is 2.06. The SMILES string of the molecule is CCCC[C@H](C)CNC(=O)OCc1ccccc1. The Morgan fingerprint density at radius 3 is 2.72 bits per heavy atom. The van der Waals surface area contributed by atoms with Gasteiger partial charge in [-0.3, -0.25) is 0 Å². The van der Waals surface area contributed by atoms with Crippen molar-refractivity contribution in [2.75, 3.05) is 6.54 Å². The molecule has 0 aliphatic heterocycles. The van der Waals surface area contributed by atoms with Gasteiger partial charge in [0, 0.05) is 6.54 Å². The molecule has 1 N–H and O–H groups in total. The van der Waals surface area contributed by atoms with Crippen LogP contribution in [-0.2, 0) is 11.3 Å². The van der Waals surface area contributed by atoms with Gasteiger partial charge in [0.25, 0.3) is 0 Å². The molecule has 100 valence electrons. The van der Waals surface area contributed by atoms with E-state index < -0.39 is 0 Å². The zero-order valence-electron chi connectivity index (χ0n) is 11.3. The molecule has 0 unspecified atom stereocenters. The summed E-state index contributed by atoms with van der Waals surface area (Å²) < 4.78 is 5.13. The summed E-state index contributed by atoms with van der Waals surface area (Å²) in [5.74, 6) is 0.509. The molecule has 0 heterocycles. The Balaban J connectivity index is 2.14. The molecule has 0 radical (unpaired) electrons. The van der Waals surface area contributed by atoms with Gasteiger partial charge in [0.05, 0.1) is 0 Å². The summed E-state index contributed by atoms with van der Waals surface area (Å²) in [5, 5.41) is 2.80. The van der Waals surface area contributed by atoms with Crippen LogP contribution in [0.4, 0.5) is 4.79 Å². The topological polar surface area (TPSA) is 38.3 Å². The van der Waals surface area contributed by atoms with Gasteiger partial charge in [-0.1, -0.05) is 57.0 Å². The maximum atomic E-state index is 11.5. The molecular weight excluding hydrogens is 226 g/mol. The van der Waals surface area contributed by atoms with Gasteiger partial charge in [0.2, 0.25) is 0 Å². The quantitative estimate of drug-likeness (QED) is 0.799. The van der Waals surface area contributed by atoms with Crippen molar-refractivity contribution in [1.29, 1.82) is 0 Å². The molecule has 0 aliphatic carbocycles. The first-order valence-electron chi connectivity index (χ1n) is 6.67. The van der Waals surface area contributed by atoms with Crippen molar-refractivity contribution >= 4 is 6.09 Å². The third kappa shape index (κ3) is 6.28. The van der Waals surface area contributed by atoms with E-state index in [-0.39, 0.29) is 6.09 Å². The summed E-state index contributed by atoms with van der Waals surface area (Å²) in [6, 6.07) is 9.69. The molecule has 0 fully saturated rings. The number of ether oxygens (including phenoxy) is 1. The van der Waals surface area contributed by atoms with Crippen LogP contribution in [0, 0.1) is 5.92 Å². The number of benzene rings is 1. The Labute approximate surface area is 110 Å². The van der Waals surface area contributed by atoms with Crippen molar-refractivity contribution in [3.8, 4) is 0 Å². The minimum absolute atomic E-state index is 0.329. The minimum atomic E-state index is -0.331. The summed E-state index contributed by atoms with van der Waals surface area (Å²) >= 11 is 0. The summed E-state index contributed by atoms with van der Waals surface area (Å²) in [5.41, 5.74) is 1.01. The lowest BCUT2D eigenvalue weighted by Crippen LogP contribution is -2.28. The highest BCUT2D eigenvalue weighted by atomic mass is 16.5. The van der Waals surface area contributed by atoms with Crippen LogP contribution in [-0.4, -0.2) is 12.6 Å². The van der Waals surface area contributed by atoms with E-state index in [0.29, 0.717) is 19.1 Å². The summed E-state index contributed by atoms with van der Waals surface area (Å²) in [7, 11) is 0. The van der Waals surface area contributed by atoms with Crippen molar-refractivity contribution in [1.82, 2.24) is 5.32 Å². The van der Waals surface area contributed by atoms with E-state index >= 15 is 0 Å². The van der Waals surface area contributed by atoms with E-state index in [9.17, 15) is 4.79 Å². The fourth-order valence-corrected chi connectivity index (χ4v) is 1.69. The zero-order chi connectivity index (χ0) is 13.2. The third-order valence-electron chi connectivity index (χ3n) is 2.86. The van der Waals surface area contributed by atoms with Crippen LogP contribution in [0.5, 0.6) is 0 Å². The average molecular weight is 249 g/mol. The van der Waals surface area contributed by atoms with Gasteiger partial charge in [-0.05, 0) is 17.9 Å². The average Bonchev–Trinajstić information content (AvgIpc) is 2.41. The molecule has 1 amide bonds. The van der Waals surface area contributed by atoms with Crippen LogP contribution in [0.2, 0.25) is 0 Å². The number of carbonyl (C=O) groups excluding carboxylic acids is 1. The lowest BCUT2D eigenvalue weighted by molar-refractivity contribution is 0.138. The minimum Gasteiger partial charge on any atom is -0.445 e. The van der Waals surface area contributed by atoms with Gasteiger partial charge in [-0.25, -0.2) is 4.79 Å². The van der Waals surface area contributed by atoms with Crippen LogP contribution in [0.15, 0.2) is 30.3 Å². The molecule has 3 nitrogen and oxygen atoms in total. The van der Waals surface area contributed by atoms with E-state index in [1.165, 1.54) is 12.8 Å². The number of amides is 1. The molecular formula is C15H23NO2. The smallest absolute Gasteiger partial charge is 0.407 e. The number of alkyl carbamates (subject to hydrolysis) is 1. The van der Waals surface area contributed by atoms with Gasteiger partial charge < -0.3 is 10.1 Å². The first kappa shape index (κ1) is 14.6. The highest BCUT2D eigenvalue weighted by molar-refractivity contribution is 5.67. The second kappa shape index (κ2) is 8.56. The molecule has 1 aromatic carbocycles. The monoisotopic (exact) mass is 249 g/mol. The Bertz CT molecular complexity index is 338. The Morgan fingerprint density at radius 2 is 2.06 bits per heavy atom. The molecule has 3 heteroatoms. The van der Waals surface area contributed by atoms with Crippen molar-refractivity contribution in [3.63, 3.8) is 0 Å². The van der Waals surface area contributed by atoms with E-state index in [1.807, 2.05) is 30.3 Å². The van der Waals surface area contributed by atoms with E-state index in [4.69, 9.17) is 4.74 Å². The second-order valence-corrected chi connectivity index (χ2v) is 4.69. The van der Waals surface area contributed by atoms with Gasteiger partial charge in [0.1, 0.15) is 6.61 Å². The van der Waals surface area contributed by atoms with E-state index in [1.54, 1.807) is 0 Å². The molecule has 0 saturated carbocycles. The van der Waals surface area contributed by atoms with Crippen molar-refractivity contribution in [3.05, 3.63) is 35.9 Å². The number of hydrogen-bond acceptors (Lipinski definition) is 2. The normalized spacial score (nSPS) is 11.9. The van der Waals surface area contributed by atoms with Crippen LogP contribution in [0.3, 0.4) is 0 Å². The largest absolute Gasteiger partial charge is 0.445 e. The van der Waals surface area contributed by atoms with E-state index in [2.05, 4.69) is 19.2 Å². The van der Waals surface area contributed by atoms with Gasteiger partial charge in [-0.2, -0.15) is 0 Å². The maximum absolute atomic E-state index is 11.5. The molecule has 0 aromatic heterocycles. The van der Waals surface area contributed by atoms with Crippen molar-refractivity contribution in [2.45, 2.75) is 39.7 Å². The molecule has 0 bridgehead atoms. The van der Waals surface area contributed by atoms with Crippen LogP contribution < -0.4 is 5.32 Å². The molecule has 0 saturated heterocycles. The standard InChI is InChI=1S/C15H23NO2/c1-3-4-8-13(2)11-16-15(17)18-12-14-9-6-5-7-10-14/h5-7,9-10,13H,3-4,8,11-12H2,1-2H3,(H,16,17)/t13-/m0/s1.